The molecule has 0 saturated heterocycles. The molecule has 1 heterocycles. The van der Waals surface area contributed by atoms with Gasteiger partial charge in [0, 0.05) is 38.7 Å². The number of nitrogens with zero attached hydrogens (tertiary/aromatic N) is 2. The van der Waals surface area contributed by atoms with Crippen molar-refractivity contribution in [1.29, 1.82) is 0 Å². The highest BCUT2D eigenvalue weighted by Crippen LogP contribution is 2.51. The van der Waals surface area contributed by atoms with E-state index < -0.39 is 0 Å². The van der Waals surface area contributed by atoms with Crippen LogP contribution in [0.2, 0.25) is 0 Å². The highest BCUT2D eigenvalue weighted by molar-refractivity contribution is 6.11. The molecule has 0 radical (unpaired) electrons. The normalized spacial score (nSPS) is 11.2. The van der Waals surface area contributed by atoms with Crippen molar-refractivity contribution >= 4 is 56.1 Å². The molecule has 3 heteroatoms. The largest absolute Gasteiger partial charge is 0.454 e. The fourth-order valence-electron chi connectivity index (χ4n) is 9.01. The Morgan fingerprint density at radius 2 is 0.651 bits per heavy atom. The second kappa shape index (κ2) is 16.6. The van der Waals surface area contributed by atoms with E-state index in [0.717, 1.165) is 95.0 Å². The van der Waals surface area contributed by atoms with Crippen LogP contribution < -0.4 is 9.80 Å². The zero-order valence-electron chi connectivity index (χ0n) is 34.6. The summed E-state index contributed by atoms with van der Waals surface area (Å²) >= 11 is 0. The SMILES string of the molecule is c1ccc(-c2cccc(N(c3ccccc3-c3ccccc3)c3ccccc3-c3ccccc3N(c3ccccc3-c3ccccc3)c3cccc4c3oc3ccccc34)c2)cc1. The Morgan fingerprint density at radius 1 is 0.254 bits per heavy atom. The molecule has 63 heavy (non-hydrogen) atoms. The van der Waals surface area contributed by atoms with Gasteiger partial charge in [0.1, 0.15) is 5.58 Å². The molecule has 11 rings (SSSR count). The lowest BCUT2D eigenvalue weighted by atomic mass is 9.96. The van der Waals surface area contributed by atoms with E-state index in [4.69, 9.17) is 4.42 Å². The summed E-state index contributed by atoms with van der Waals surface area (Å²) in [5.41, 5.74) is 16.9. The highest BCUT2D eigenvalue weighted by Gasteiger charge is 2.27. The molecule has 0 spiro atoms. The molecule has 1 aromatic heterocycles. The van der Waals surface area contributed by atoms with E-state index in [9.17, 15) is 0 Å². The van der Waals surface area contributed by atoms with Crippen LogP contribution in [0.5, 0.6) is 0 Å². The van der Waals surface area contributed by atoms with E-state index >= 15 is 0 Å². The summed E-state index contributed by atoms with van der Waals surface area (Å²) in [7, 11) is 0. The van der Waals surface area contributed by atoms with Crippen LogP contribution in [0, 0.1) is 0 Å². The van der Waals surface area contributed by atoms with Crippen LogP contribution in [0.1, 0.15) is 0 Å². The average molecular weight is 807 g/mol. The molecule has 11 aromatic rings. The van der Waals surface area contributed by atoms with E-state index in [2.05, 4.69) is 259 Å². The van der Waals surface area contributed by atoms with Gasteiger partial charge in [0.25, 0.3) is 0 Å². The molecule has 0 unspecified atom stereocenters. The fourth-order valence-corrected chi connectivity index (χ4v) is 9.01. The van der Waals surface area contributed by atoms with E-state index in [1.165, 1.54) is 5.56 Å². The van der Waals surface area contributed by atoms with Crippen LogP contribution in [0.3, 0.4) is 0 Å². The number of hydrogen-bond acceptors (Lipinski definition) is 3. The first kappa shape index (κ1) is 37.6. The predicted octanol–water partition coefficient (Wildman–Crippen LogP) is 17.2. The number of anilines is 6. The minimum atomic E-state index is 0.834. The van der Waals surface area contributed by atoms with Crippen LogP contribution >= 0.6 is 0 Å². The van der Waals surface area contributed by atoms with Gasteiger partial charge in [-0.1, -0.05) is 206 Å². The Balaban J connectivity index is 1.18. The van der Waals surface area contributed by atoms with Crippen molar-refractivity contribution < 1.29 is 4.42 Å². The van der Waals surface area contributed by atoms with Gasteiger partial charge < -0.3 is 14.2 Å². The smallest absolute Gasteiger partial charge is 0.159 e. The van der Waals surface area contributed by atoms with Crippen molar-refractivity contribution in [2.24, 2.45) is 0 Å². The van der Waals surface area contributed by atoms with Gasteiger partial charge in [-0.15, -0.1) is 0 Å². The van der Waals surface area contributed by atoms with E-state index in [1.54, 1.807) is 0 Å². The van der Waals surface area contributed by atoms with Gasteiger partial charge in [-0.2, -0.15) is 0 Å². The van der Waals surface area contributed by atoms with Gasteiger partial charge in [-0.05, 0) is 70.8 Å². The third-order valence-corrected chi connectivity index (χ3v) is 11.9. The van der Waals surface area contributed by atoms with Gasteiger partial charge >= 0.3 is 0 Å². The van der Waals surface area contributed by atoms with Crippen molar-refractivity contribution in [3.05, 3.63) is 255 Å². The molecule has 0 aliphatic carbocycles. The number of rotatable bonds is 10. The molecule has 3 nitrogen and oxygen atoms in total. The molecule has 0 atom stereocenters. The second-order valence-corrected chi connectivity index (χ2v) is 15.6. The monoisotopic (exact) mass is 806 g/mol. The Kier molecular flexibility index (Phi) is 9.89. The first-order chi connectivity index (χ1) is 31.3. The van der Waals surface area contributed by atoms with Gasteiger partial charge in [0.2, 0.25) is 0 Å². The topological polar surface area (TPSA) is 19.6 Å². The Labute approximate surface area is 368 Å². The van der Waals surface area contributed by atoms with Crippen molar-refractivity contribution in [2.75, 3.05) is 9.80 Å². The molecule has 0 aliphatic rings. The molecule has 298 valence electrons. The minimum Gasteiger partial charge on any atom is -0.454 e. The molecule has 0 N–H and O–H groups in total. The molecule has 0 fully saturated rings. The van der Waals surface area contributed by atoms with Crippen LogP contribution in [0.15, 0.2) is 259 Å². The maximum Gasteiger partial charge on any atom is 0.159 e. The Hall–Kier alpha value is -8.40. The summed E-state index contributed by atoms with van der Waals surface area (Å²) in [5, 5.41) is 2.17. The summed E-state index contributed by atoms with van der Waals surface area (Å²) in [5.74, 6) is 0. The summed E-state index contributed by atoms with van der Waals surface area (Å²) < 4.78 is 6.83. The lowest BCUT2D eigenvalue weighted by Crippen LogP contribution is -2.15. The van der Waals surface area contributed by atoms with Crippen molar-refractivity contribution in [1.82, 2.24) is 0 Å². The van der Waals surface area contributed by atoms with E-state index in [-0.39, 0.29) is 0 Å². The maximum atomic E-state index is 6.83. The molecular weight excluding hydrogens is 765 g/mol. The summed E-state index contributed by atoms with van der Waals surface area (Å²) in [6.45, 7) is 0. The highest BCUT2D eigenvalue weighted by atomic mass is 16.3. The first-order valence-corrected chi connectivity index (χ1v) is 21.4. The third kappa shape index (κ3) is 7.02. The van der Waals surface area contributed by atoms with Crippen molar-refractivity contribution in [3.63, 3.8) is 0 Å². The summed E-state index contributed by atoms with van der Waals surface area (Å²) in [6, 6.07) is 90.7. The van der Waals surface area contributed by atoms with Gasteiger partial charge in [0.15, 0.2) is 5.58 Å². The van der Waals surface area contributed by atoms with Crippen molar-refractivity contribution in [2.45, 2.75) is 0 Å². The van der Waals surface area contributed by atoms with Gasteiger partial charge in [-0.3, -0.25) is 0 Å². The van der Waals surface area contributed by atoms with E-state index in [1.807, 2.05) is 6.07 Å². The molecular formula is C60H42N2O. The maximum absolute atomic E-state index is 6.83. The standard InChI is InChI=1S/C60H42N2O/c1-4-22-43(23-5-1)46-28-20-29-47(42-46)61(54-36-15-10-30-48(54)44-24-6-2-7-25-44)56-38-17-12-32-50(56)51-33-13-18-39-57(51)62(55-37-16-11-31-49(55)45-26-8-3-9-27-45)58-40-21-35-53-52-34-14-19-41-59(52)63-60(53)58/h1-42H. The first-order valence-electron chi connectivity index (χ1n) is 21.4. The number of hydrogen-bond donors (Lipinski definition) is 0. The fraction of sp³-hybridized carbons (Fsp3) is 0. The van der Waals surface area contributed by atoms with Crippen LogP contribution in [0.25, 0.3) is 66.4 Å². The number of benzene rings is 10. The molecule has 0 aliphatic heterocycles. The van der Waals surface area contributed by atoms with Crippen LogP contribution in [0.4, 0.5) is 34.1 Å². The van der Waals surface area contributed by atoms with E-state index in [0.29, 0.717) is 0 Å². The minimum absolute atomic E-state index is 0.834. The lowest BCUT2D eigenvalue weighted by molar-refractivity contribution is 0.669. The Bertz CT molecular complexity index is 3360. The van der Waals surface area contributed by atoms with Crippen LogP contribution in [-0.4, -0.2) is 0 Å². The number of fused-ring (bicyclic) bond motifs is 3. The quantitative estimate of drug-likeness (QED) is 0.137. The zero-order valence-corrected chi connectivity index (χ0v) is 34.6. The molecule has 0 amide bonds. The molecule has 0 saturated carbocycles. The van der Waals surface area contributed by atoms with Gasteiger partial charge in [-0.25, -0.2) is 0 Å². The number of para-hydroxylation sites is 6. The Morgan fingerprint density at radius 3 is 1.25 bits per heavy atom. The lowest BCUT2D eigenvalue weighted by Gasteiger charge is -2.32. The van der Waals surface area contributed by atoms with Crippen molar-refractivity contribution in [3.8, 4) is 44.5 Å². The summed E-state index contributed by atoms with van der Waals surface area (Å²) in [6.07, 6.45) is 0. The summed E-state index contributed by atoms with van der Waals surface area (Å²) in [4.78, 5) is 4.83. The molecule has 10 aromatic carbocycles. The van der Waals surface area contributed by atoms with Gasteiger partial charge in [0.05, 0.1) is 28.4 Å². The third-order valence-electron chi connectivity index (χ3n) is 11.9. The second-order valence-electron chi connectivity index (χ2n) is 15.6. The predicted molar refractivity (Wildman–Crippen MR) is 265 cm³/mol. The van der Waals surface area contributed by atoms with Crippen LogP contribution in [-0.2, 0) is 0 Å². The zero-order chi connectivity index (χ0) is 42.0. The number of furan rings is 1. The molecule has 0 bridgehead atoms. The average Bonchev–Trinajstić information content (AvgIpc) is 3.75.